The Morgan fingerprint density at radius 3 is 2.95 bits per heavy atom. The monoisotopic (exact) mass is 294 g/mol. The maximum atomic E-state index is 12.6. The van der Waals surface area contributed by atoms with E-state index >= 15 is 0 Å². The Morgan fingerprint density at radius 2 is 2.20 bits per heavy atom. The second kappa shape index (κ2) is 7.09. The molecule has 2 unspecified atom stereocenters. The summed E-state index contributed by atoms with van der Waals surface area (Å²) in [4.78, 5) is 14.4. The van der Waals surface area contributed by atoms with Crippen LogP contribution in [0.1, 0.15) is 44.2 Å². The van der Waals surface area contributed by atoms with Crippen LogP contribution in [0.5, 0.6) is 0 Å². The molecule has 1 fully saturated rings. The quantitative estimate of drug-likeness (QED) is 0.927. The fraction of sp³-hybridized carbons (Fsp3) is 0.562. The third-order valence-corrected chi connectivity index (χ3v) is 4.35. The minimum absolute atomic E-state index is 0.0336. The van der Waals surface area contributed by atoms with Gasteiger partial charge in [0.25, 0.3) is 0 Å². The molecular weight excluding hydrogens is 272 g/mol. The number of nitrogens with zero attached hydrogens (tertiary/aromatic N) is 1. The highest BCUT2D eigenvalue weighted by molar-refractivity contribution is 6.30. The van der Waals surface area contributed by atoms with Crippen LogP contribution in [-0.2, 0) is 4.79 Å². The molecule has 2 atom stereocenters. The van der Waals surface area contributed by atoms with Gasteiger partial charge in [-0.1, -0.05) is 36.6 Å². The minimum atomic E-state index is -0.0378. The first-order valence-electron chi connectivity index (χ1n) is 7.35. The van der Waals surface area contributed by atoms with Crippen molar-refractivity contribution in [3.05, 3.63) is 34.9 Å². The van der Waals surface area contributed by atoms with Crippen molar-refractivity contribution >= 4 is 17.5 Å². The molecule has 20 heavy (non-hydrogen) atoms. The summed E-state index contributed by atoms with van der Waals surface area (Å²) in [6.07, 6.45) is 4.44. The van der Waals surface area contributed by atoms with Crippen LogP contribution < -0.4 is 5.32 Å². The molecule has 1 aliphatic heterocycles. The summed E-state index contributed by atoms with van der Waals surface area (Å²) < 4.78 is 0. The van der Waals surface area contributed by atoms with Crippen LogP contribution in [-0.4, -0.2) is 30.4 Å². The van der Waals surface area contributed by atoms with Crippen molar-refractivity contribution in [1.29, 1.82) is 0 Å². The van der Waals surface area contributed by atoms with Gasteiger partial charge in [0.2, 0.25) is 5.91 Å². The lowest BCUT2D eigenvalue weighted by molar-refractivity contribution is -0.134. The number of hydrogen-bond acceptors (Lipinski definition) is 2. The van der Waals surface area contributed by atoms with Crippen molar-refractivity contribution in [3.8, 4) is 0 Å². The summed E-state index contributed by atoms with van der Waals surface area (Å²) in [5, 5.41) is 4.07. The summed E-state index contributed by atoms with van der Waals surface area (Å²) in [7, 11) is 1.88. The highest BCUT2D eigenvalue weighted by Crippen LogP contribution is 2.23. The summed E-state index contributed by atoms with van der Waals surface area (Å²) >= 11 is 6.03. The smallest absolute Gasteiger partial charge is 0.239 e. The molecule has 0 aliphatic carbocycles. The molecule has 1 aromatic rings. The van der Waals surface area contributed by atoms with Crippen LogP contribution in [0.25, 0.3) is 0 Å². The SMILES string of the molecule is CC(c1cccc(Cl)c1)N(C)C(=O)C1CCCCCN1. The Bertz CT molecular complexity index is 456. The molecule has 1 saturated heterocycles. The van der Waals surface area contributed by atoms with Crippen LogP contribution in [0.15, 0.2) is 24.3 Å². The Kier molecular flexibility index (Phi) is 5.44. The number of rotatable bonds is 3. The van der Waals surface area contributed by atoms with Gasteiger partial charge in [0.05, 0.1) is 12.1 Å². The lowest BCUT2D eigenvalue weighted by atomic mass is 10.0. The average Bonchev–Trinajstić information content (AvgIpc) is 2.74. The third-order valence-electron chi connectivity index (χ3n) is 4.12. The van der Waals surface area contributed by atoms with Crippen molar-refractivity contribution < 1.29 is 4.79 Å². The second-order valence-corrected chi connectivity index (χ2v) is 5.97. The van der Waals surface area contributed by atoms with Gasteiger partial charge in [-0.2, -0.15) is 0 Å². The molecule has 0 spiro atoms. The van der Waals surface area contributed by atoms with Gasteiger partial charge in [0.15, 0.2) is 0 Å². The van der Waals surface area contributed by atoms with Gasteiger partial charge in [0.1, 0.15) is 0 Å². The fourth-order valence-electron chi connectivity index (χ4n) is 2.67. The zero-order valence-corrected chi connectivity index (χ0v) is 13.0. The van der Waals surface area contributed by atoms with E-state index in [4.69, 9.17) is 11.6 Å². The standard InChI is InChI=1S/C16H23ClN2O/c1-12(13-7-6-8-14(17)11-13)19(2)16(20)15-9-4-3-5-10-18-15/h6-8,11-12,15,18H,3-5,9-10H2,1-2H3. The van der Waals surface area contributed by atoms with Crippen LogP contribution in [0.2, 0.25) is 5.02 Å². The summed E-state index contributed by atoms with van der Waals surface area (Å²) in [5.74, 6) is 0.180. The number of halogens is 1. The van der Waals surface area contributed by atoms with Gasteiger partial charge in [-0.15, -0.1) is 0 Å². The zero-order chi connectivity index (χ0) is 14.5. The molecule has 1 aliphatic rings. The molecule has 0 aromatic heterocycles. The second-order valence-electron chi connectivity index (χ2n) is 5.54. The molecule has 4 heteroatoms. The van der Waals surface area contributed by atoms with Gasteiger partial charge in [-0.05, 0) is 44.0 Å². The Balaban J connectivity index is 2.05. The Labute approximate surface area is 126 Å². The van der Waals surface area contributed by atoms with E-state index in [9.17, 15) is 4.79 Å². The molecule has 1 heterocycles. The first-order valence-corrected chi connectivity index (χ1v) is 7.73. The van der Waals surface area contributed by atoms with E-state index in [0.717, 1.165) is 31.4 Å². The molecule has 0 saturated carbocycles. The molecule has 1 aromatic carbocycles. The number of likely N-dealkylation sites (N-methyl/N-ethyl adjacent to an activating group) is 1. The van der Waals surface area contributed by atoms with Gasteiger partial charge in [-0.3, -0.25) is 4.79 Å². The number of carbonyl (C=O) groups excluding carboxylic acids is 1. The molecular formula is C16H23ClN2O. The molecule has 0 radical (unpaired) electrons. The van der Waals surface area contributed by atoms with E-state index in [1.165, 1.54) is 6.42 Å². The van der Waals surface area contributed by atoms with Crippen LogP contribution in [0.4, 0.5) is 0 Å². The largest absolute Gasteiger partial charge is 0.338 e. The average molecular weight is 295 g/mol. The highest BCUT2D eigenvalue weighted by Gasteiger charge is 2.26. The summed E-state index contributed by atoms with van der Waals surface area (Å²) in [6.45, 7) is 2.98. The van der Waals surface area contributed by atoms with Crippen molar-refractivity contribution in [1.82, 2.24) is 10.2 Å². The first-order chi connectivity index (χ1) is 9.59. The summed E-state index contributed by atoms with van der Waals surface area (Å²) in [6, 6.07) is 7.72. The number of amides is 1. The Hall–Kier alpha value is -1.06. The predicted molar refractivity (Wildman–Crippen MR) is 82.9 cm³/mol. The highest BCUT2D eigenvalue weighted by atomic mass is 35.5. The molecule has 1 amide bonds. The molecule has 0 bridgehead atoms. The minimum Gasteiger partial charge on any atom is -0.338 e. The predicted octanol–water partition coefficient (Wildman–Crippen LogP) is 3.39. The molecule has 110 valence electrons. The first kappa shape index (κ1) is 15.3. The van der Waals surface area contributed by atoms with E-state index in [1.54, 1.807) is 0 Å². The van der Waals surface area contributed by atoms with Crippen molar-refractivity contribution in [2.75, 3.05) is 13.6 Å². The normalized spacial score (nSPS) is 21.1. The number of carbonyl (C=O) groups is 1. The van der Waals surface area contributed by atoms with Crippen LogP contribution in [0, 0.1) is 0 Å². The lowest BCUT2D eigenvalue weighted by Gasteiger charge is -2.29. The van der Waals surface area contributed by atoms with E-state index in [1.807, 2.05) is 43.1 Å². The molecule has 3 nitrogen and oxygen atoms in total. The maximum Gasteiger partial charge on any atom is 0.239 e. The number of benzene rings is 1. The van der Waals surface area contributed by atoms with E-state index < -0.39 is 0 Å². The van der Waals surface area contributed by atoms with Crippen molar-refractivity contribution in [2.45, 2.75) is 44.7 Å². The number of hydrogen-bond donors (Lipinski definition) is 1. The van der Waals surface area contributed by atoms with E-state index in [0.29, 0.717) is 5.02 Å². The lowest BCUT2D eigenvalue weighted by Crippen LogP contribution is -2.45. The fourth-order valence-corrected chi connectivity index (χ4v) is 2.86. The van der Waals surface area contributed by atoms with Crippen LogP contribution in [0.3, 0.4) is 0 Å². The number of nitrogens with one attached hydrogen (secondary N) is 1. The van der Waals surface area contributed by atoms with Gasteiger partial charge >= 0.3 is 0 Å². The maximum absolute atomic E-state index is 12.6. The topological polar surface area (TPSA) is 32.3 Å². The van der Waals surface area contributed by atoms with Crippen LogP contribution >= 0.6 is 11.6 Å². The summed E-state index contributed by atoms with van der Waals surface area (Å²) in [5.41, 5.74) is 1.07. The molecule has 1 N–H and O–H groups in total. The Morgan fingerprint density at radius 1 is 1.40 bits per heavy atom. The van der Waals surface area contributed by atoms with Crippen molar-refractivity contribution in [2.24, 2.45) is 0 Å². The van der Waals surface area contributed by atoms with Gasteiger partial charge in [-0.25, -0.2) is 0 Å². The van der Waals surface area contributed by atoms with E-state index in [2.05, 4.69) is 5.32 Å². The van der Waals surface area contributed by atoms with Gasteiger partial charge in [0, 0.05) is 12.1 Å². The van der Waals surface area contributed by atoms with E-state index in [-0.39, 0.29) is 18.0 Å². The van der Waals surface area contributed by atoms with Crippen molar-refractivity contribution in [3.63, 3.8) is 0 Å². The van der Waals surface area contributed by atoms with Gasteiger partial charge < -0.3 is 10.2 Å². The zero-order valence-electron chi connectivity index (χ0n) is 12.2. The molecule has 2 rings (SSSR count). The third kappa shape index (κ3) is 3.74.